The van der Waals surface area contributed by atoms with Gasteiger partial charge >= 0.3 is 0 Å². The summed E-state index contributed by atoms with van der Waals surface area (Å²) in [7, 11) is 0. The summed E-state index contributed by atoms with van der Waals surface area (Å²) in [5.41, 5.74) is 4.30. The van der Waals surface area contributed by atoms with Crippen molar-refractivity contribution in [3.8, 4) is 22.5 Å². The first-order valence-electron chi connectivity index (χ1n) is 14.7. The molecular weight excluding hydrogens is 530 g/mol. The third-order valence-corrected chi connectivity index (χ3v) is 10.1. The van der Waals surface area contributed by atoms with Crippen molar-refractivity contribution >= 4 is 23.6 Å². The monoisotopic (exact) mass is 569 g/mol. The normalized spacial score (nSPS) is 21.7. The van der Waals surface area contributed by atoms with E-state index in [1.54, 1.807) is 0 Å². The Morgan fingerprint density at radius 1 is 0.805 bits per heavy atom. The van der Waals surface area contributed by atoms with Gasteiger partial charge in [0.2, 0.25) is 5.91 Å². The van der Waals surface area contributed by atoms with Crippen LogP contribution in [0, 0.1) is 0 Å². The summed E-state index contributed by atoms with van der Waals surface area (Å²) < 4.78 is -0.0602. The number of carbonyl (C=O) groups is 2. The number of rotatable bonds is 5. The van der Waals surface area contributed by atoms with E-state index in [-0.39, 0.29) is 22.6 Å². The first kappa shape index (κ1) is 27.9. The Kier molecular flexibility index (Phi) is 8.15. The first-order chi connectivity index (χ1) is 19.9. The van der Waals surface area contributed by atoms with Gasteiger partial charge in [-0.3, -0.25) is 19.8 Å². The van der Waals surface area contributed by atoms with Crippen LogP contribution in [0.3, 0.4) is 0 Å². The molecule has 214 valence electrons. The Morgan fingerprint density at radius 2 is 1.37 bits per heavy atom. The van der Waals surface area contributed by atoms with E-state index in [1.807, 2.05) is 89.5 Å². The number of hydrogen-bond donors (Lipinski definition) is 1. The molecule has 7 nitrogen and oxygen atoms in total. The zero-order chi connectivity index (χ0) is 28.4. The van der Waals surface area contributed by atoms with E-state index in [4.69, 9.17) is 4.98 Å². The zero-order valence-corrected chi connectivity index (χ0v) is 24.8. The van der Waals surface area contributed by atoms with Crippen LogP contribution in [0.5, 0.6) is 0 Å². The number of carbonyl (C=O) groups excluding carboxylic acids is 2. The van der Waals surface area contributed by atoms with E-state index < -0.39 is 0 Å². The van der Waals surface area contributed by atoms with Crippen LogP contribution in [-0.2, 0) is 4.79 Å². The lowest BCUT2D eigenvalue weighted by Gasteiger charge is -2.43. The molecule has 8 heteroatoms. The molecule has 0 saturated carbocycles. The number of hydrogen-bond acceptors (Lipinski definition) is 6. The lowest BCUT2D eigenvalue weighted by atomic mass is 9.98. The Labute approximate surface area is 247 Å². The van der Waals surface area contributed by atoms with E-state index in [0.717, 1.165) is 67.4 Å². The maximum Gasteiger partial charge on any atom is 0.254 e. The van der Waals surface area contributed by atoms with E-state index >= 15 is 0 Å². The molecule has 41 heavy (non-hydrogen) atoms. The van der Waals surface area contributed by atoms with Crippen LogP contribution in [-0.4, -0.2) is 93.5 Å². The van der Waals surface area contributed by atoms with Gasteiger partial charge in [-0.2, -0.15) is 0 Å². The number of nitrogens with one attached hydrogen (secondary N) is 1. The van der Waals surface area contributed by atoms with Gasteiger partial charge in [-0.15, -0.1) is 11.8 Å². The number of benzene rings is 2. The van der Waals surface area contributed by atoms with Crippen molar-refractivity contribution < 1.29 is 9.59 Å². The molecule has 0 aliphatic carbocycles. The molecule has 2 amide bonds. The van der Waals surface area contributed by atoms with Gasteiger partial charge in [0.05, 0.1) is 11.4 Å². The van der Waals surface area contributed by atoms with E-state index in [0.29, 0.717) is 24.7 Å². The second-order valence-electron chi connectivity index (χ2n) is 11.8. The minimum atomic E-state index is -0.100. The van der Waals surface area contributed by atoms with E-state index in [1.165, 1.54) is 0 Å². The van der Waals surface area contributed by atoms with Crippen molar-refractivity contribution in [2.45, 2.75) is 43.5 Å². The molecule has 0 unspecified atom stereocenters. The summed E-state index contributed by atoms with van der Waals surface area (Å²) in [5, 5.41) is 3.39. The number of aromatic nitrogens is 1. The molecule has 6 rings (SSSR count). The van der Waals surface area contributed by atoms with Gasteiger partial charge in [0, 0.05) is 72.6 Å². The number of thioether (sulfide) groups is 1. The van der Waals surface area contributed by atoms with Crippen LogP contribution in [0.15, 0.2) is 72.8 Å². The largest absolute Gasteiger partial charge is 0.341 e. The van der Waals surface area contributed by atoms with E-state index in [2.05, 4.69) is 29.0 Å². The maximum absolute atomic E-state index is 13.8. The Morgan fingerprint density at radius 3 is 1.88 bits per heavy atom. The molecule has 4 heterocycles. The van der Waals surface area contributed by atoms with Crippen molar-refractivity contribution in [1.82, 2.24) is 25.0 Å². The predicted molar refractivity (Wildman–Crippen MR) is 166 cm³/mol. The minimum Gasteiger partial charge on any atom is -0.341 e. The molecule has 2 aromatic carbocycles. The second-order valence-corrected chi connectivity index (χ2v) is 13.4. The quantitative estimate of drug-likeness (QED) is 0.484. The van der Waals surface area contributed by atoms with Crippen LogP contribution in [0.25, 0.3) is 22.5 Å². The number of amides is 2. The van der Waals surface area contributed by atoms with Crippen molar-refractivity contribution in [1.29, 1.82) is 0 Å². The molecular formula is C33H39N5O2S. The van der Waals surface area contributed by atoms with Crippen LogP contribution >= 0.6 is 11.8 Å². The summed E-state index contributed by atoms with van der Waals surface area (Å²) >= 11 is 1.82. The predicted octanol–water partition coefficient (Wildman–Crippen LogP) is 4.61. The molecule has 0 spiro atoms. The number of nitrogens with zero attached hydrogens (tertiary/aromatic N) is 4. The van der Waals surface area contributed by atoms with Gasteiger partial charge in [0.15, 0.2) is 0 Å². The van der Waals surface area contributed by atoms with Crippen molar-refractivity contribution in [3.05, 3.63) is 78.4 Å². The van der Waals surface area contributed by atoms with Gasteiger partial charge < -0.3 is 9.80 Å². The maximum atomic E-state index is 13.8. The van der Waals surface area contributed by atoms with Gasteiger partial charge in [-0.05, 0) is 38.8 Å². The summed E-state index contributed by atoms with van der Waals surface area (Å²) in [4.78, 5) is 38.4. The molecule has 1 atom stereocenters. The average molecular weight is 570 g/mol. The van der Waals surface area contributed by atoms with Crippen molar-refractivity contribution in [2.24, 2.45) is 0 Å². The van der Waals surface area contributed by atoms with Crippen LogP contribution in [0.2, 0.25) is 0 Å². The second kappa shape index (κ2) is 12.0. The molecule has 0 radical (unpaired) electrons. The molecule has 3 aliphatic rings. The highest BCUT2D eigenvalue weighted by Crippen LogP contribution is 2.34. The summed E-state index contributed by atoms with van der Waals surface area (Å²) in [5.74, 6) is 1.14. The van der Waals surface area contributed by atoms with Crippen LogP contribution in [0.1, 0.15) is 37.0 Å². The Hall–Kier alpha value is -3.20. The molecule has 1 N–H and O–H groups in total. The number of piperidine rings is 1. The summed E-state index contributed by atoms with van der Waals surface area (Å²) in [6, 6.07) is 24.3. The van der Waals surface area contributed by atoms with Gasteiger partial charge in [0.25, 0.3) is 5.91 Å². The van der Waals surface area contributed by atoms with Gasteiger partial charge in [-0.1, -0.05) is 60.7 Å². The topological polar surface area (TPSA) is 68.8 Å². The van der Waals surface area contributed by atoms with Gasteiger partial charge in [-0.25, -0.2) is 4.98 Å². The zero-order valence-electron chi connectivity index (χ0n) is 24.0. The molecule has 0 bridgehead atoms. The third-order valence-electron chi connectivity index (χ3n) is 8.78. The Balaban J connectivity index is 1.09. The average Bonchev–Trinajstić information content (AvgIpc) is 3.39. The highest BCUT2D eigenvalue weighted by atomic mass is 32.2. The smallest absolute Gasteiger partial charge is 0.254 e. The molecule has 3 aromatic rings. The molecule has 1 aromatic heterocycles. The molecule has 3 aliphatic heterocycles. The number of pyridine rings is 1. The fraction of sp³-hybridized carbons (Fsp3) is 0.424. The fourth-order valence-electron chi connectivity index (χ4n) is 6.30. The third kappa shape index (κ3) is 6.05. The highest BCUT2D eigenvalue weighted by Gasteiger charge is 2.43. The van der Waals surface area contributed by atoms with Gasteiger partial charge in [0.1, 0.15) is 6.04 Å². The van der Waals surface area contributed by atoms with E-state index in [9.17, 15) is 9.59 Å². The van der Waals surface area contributed by atoms with Crippen molar-refractivity contribution in [3.63, 3.8) is 0 Å². The number of piperazine rings is 1. The number of likely N-dealkylation sites (tertiary alicyclic amines) is 1. The molecule has 3 saturated heterocycles. The lowest BCUT2D eigenvalue weighted by Crippen LogP contribution is -2.57. The lowest BCUT2D eigenvalue weighted by molar-refractivity contribution is -0.135. The minimum absolute atomic E-state index is 0.0602. The standard InChI is InChI=1S/C33H39N5O2S/c1-33(2)30(34-23-41-33)32(40)37-15-13-27(14-16-37)36-17-19-38(20-18-36)31(39)26-21-28(24-9-5-3-6-10-24)35-29(22-26)25-11-7-4-8-12-25/h3-12,21-22,27,30,34H,13-20,23H2,1-2H3/t30-/m1/s1. The Bertz CT molecular complexity index is 1310. The fourth-order valence-corrected chi connectivity index (χ4v) is 7.27. The molecule has 3 fully saturated rings. The van der Waals surface area contributed by atoms with Crippen molar-refractivity contribution in [2.75, 3.05) is 45.1 Å². The SMILES string of the molecule is CC1(C)SCN[C@@H]1C(=O)N1CCC(N2CCN(C(=O)c3cc(-c4ccccc4)nc(-c4ccccc4)c3)CC2)CC1. The van der Waals surface area contributed by atoms with Crippen LogP contribution < -0.4 is 5.32 Å². The summed E-state index contributed by atoms with van der Waals surface area (Å²) in [6.45, 7) is 9.07. The summed E-state index contributed by atoms with van der Waals surface area (Å²) in [6.07, 6.45) is 1.98. The van der Waals surface area contributed by atoms with Crippen LogP contribution in [0.4, 0.5) is 0 Å². The highest BCUT2D eigenvalue weighted by molar-refractivity contribution is 8.00. The first-order valence-corrected chi connectivity index (χ1v) is 15.7.